The highest BCUT2D eigenvalue weighted by Crippen LogP contribution is 2.19. The molecule has 0 spiro atoms. The lowest BCUT2D eigenvalue weighted by Gasteiger charge is -2.13. The summed E-state index contributed by atoms with van der Waals surface area (Å²) in [5.41, 5.74) is 3.03. The van der Waals surface area contributed by atoms with Crippen LogP contribution in [0.4, 0.5) is 11.4 Å². The molecular weight excluding hydrogens is 332 g/mol. The maximum Gasteiger partial charge on any atom is 0.338 e. The predicted molar refractivity (Wildman–Crippen MR) is 98.4 cm³/mol. The predicted octanol–water partition coefficient (Wildman–Crippen LogP) is 4.63. The van der Waals surface area contributed by atoms with Gasteiger partial charge in [0.25, 0.3) is 0 Å². The van der Waals surface area contributed by atoms with Crippen molar-refractivity contribution in [2.24, 2.45) is 0 Å². The van der Waals surface area contributed by atoms with Crippen LogP contribution >= 0.6 is 23.8 Å². The Morgan fingerprint density at radius 1 is 1.17 bits per heavy atom. The lowest BCUT2D eigenvalue weighted by atomic mass is 10.1. The van der Waals surface area contributed by atoms with Gasteiger partial charge < -0.3 is 15.4 Å². The normalized spacial score (nSPS) is 10.0. The number of carbonyl (C=O) groups is 1. The van der Waals surface area contributed by atoms with Gasteiger partial charge in [0.05, 0.1) is 12.2 Å². The van der Waals surface area contributed by atoms with Crippen molar-refractivity contribution in [3.8, 4) is 0 Å². The molecule has 0 heterocycles. The van der Waals surface area contributed by atoms with Crippen LogP contribution in [0.25, 0.3) is 0 Å². The summed E-state index contributed by atoms with van der Waals surface area (Å²) < 4.78 is 5.01. The Labute approximate surface area is 145 Å². The number of hydrogen-bond donors (Lipinski definition) is 2. The highest BCUT2D eigenvalue weighted by Gasteiger charge is 2.10. The number of hydrogen-bond acceptors (Lipinski definition) is 3. The van der Waals surface area contributed by atoms with Crippen molar-refractivity contribution in [3.63, 3.8) is 0 Å². The molecule has 0 saturated carbocycles. The Morgan fingerprint density at radius 3 is 2.52 bits per heavy atom. The van der Waals surface area contributed by atoms with Crippen LogP contribution in [0, 0.1) is 6.92 Å². The van der Waals surface area contributed by atoms with Crippen LogP contribution in [0.2, 0.25) is 5.02 Å². The minimum Gasteiger partial charge on any atom is -0.462 e. The molecule has 6 heteroatoms. The highest BCUT2D eigenvalue weighted by molar-refractivity contribution is 7.80. The number of halogens is 1. The maximum absolute atomic E-state index is 11.8. The number of anilines is 2. The minimum atomic E-state index is -0.355. The zero-order valence-corrected chi connectivity index (χ0v) is 14.4. The highest BCUT2D eigenvalue weighted by atomic mass is 35.5. The first-order chi connectivity index (χ1) is 11.0. The van der Waals surface area contributed by atoms with E-state index in [1.54, 1.807) is 31.2 Å². The van der Waals surface area contributed by atoms with Gasteiger partial charge in [-0.1, -0.05) is 17.7 Å². The molecule has 0 amide bonds. The van der Waals surface area contributed by atoms with Crippen LogP contribution in [-0.2, 0) is 4.74 Å². The van der Waals surface area contributed by atoms with Crippen LogP contribution in [0.3, 0.4) is 0 Å². The average Bonchev–Trinajstić information content (AvgIpc) is 2.52. The van der Waals surface area contributed by atoms with E-state index in [2.05, 4.69) is 10.6 Å². The van der Waals surface area contributed by atoms with E-state index in [0.717, 1.165) is 16.9 Å². The first kappa shape index (κ1) is 17.2. The van der Waals surface area contributed by atoms with E-state index in [1.807, 2.05) is 25.1 Å². The molecule has 0 atom stereocenters. The minimum absolute atomic E-state index is 0.339. The van der Waals surface area contributed by atoms with Gasteiger partial charge >= 0.3 is 5.97 Å². The van der Waals surface area contributed by atoms with Crippen LogP contribution in [0.5, 0.6) is 0 Å². The summed E-state index contributed by atoms with van der Waals surface area (Å²) in [5, 5.41) is 7.24. The quantitative estimate of drug-likeness (QED) is 0.623. The van der Waals surface area contributed by atoms with Gasteiger partial charge in [-0.2, -0.15) is 0 Å². The molecule has 2 aromatic rings. The fourth-order valence-corrected chi connectivity index (χ4v) is 2.27. The topological polar surface area (TPSA) is 50.4 Å². The van der Waals surface area contributed by atoms with Gasteiger partial charge in [-0.15, -0.1) is 0 Å². The number of thiocarbonyl (C=S) groups is 1. The number of benzene rings is 2. The van der Waals surface area contributed by atoms with Gasteiger partial charge in [0, 0.05) is 16.4 Å². The molecule has 2 aromatic carbocycles. The molecule has 0 aliphatic carbocycles. The number of ether oxygens (including phenoxy) is 1. The Morgan fingerprint density at radius 2 is 1.87 bits per heavy atom. The second-order valence-corrected chi connectivity index (χ2v) is 5.68. The van der Waals surface area contributed by atoms with Crippen molar-refractivity contribution in [2.45, 2.75) is 13.8 Å². The van der Waals surface area contributed by atoms with Crippen LogP contribution in [0.1, 0.15) is 22.8 Å². The lowest BCUT2D eigenvalue weighted by Crippen LogP contribution is -2.20. The summed E-state index contributed by atoms with van der Waals surface area (Å²) >= 11 is 11.2. The number of carbonyl (C=O) groups excluding carboxylic acids is 1. The van der Waals surface area contributed by atoms with E-state index in [9.17, 15) is 4.79 Å². The summed E-state index contributed by atoms with van der Waals surface area (Å²) in [6, 6.07) is 12.5. The van der Waals surface area contributed by atoms with Crippen LogP contribution in [-0.4, -0.2) is 17.7 Å². The number of aryl methyl sites for hydroxylation is 1. The molecule has 0 bridgehead atoms. The Hall–Kier alpha value is -2.11. The van der Waals surface area contributed by atoms with Crippen LogP contribution < -0.4 is 10.6 Å². The Kier molecular flexibility index (Phi) is 5.96. The molecule has 2 rings (SSSR count). The molecule has 0 aromatic heterocycles. The second kappa shape index (κ2) is 7.94. The summed E-state index contributed by atoms with van der Waals surface area (Å²) in [6.07, 6.45) is 0. The van der Waals surface area contributed by atoms with E-state index in [-0.39, 0.29) is 5.97 Å². The van der Waals surface area contributed by atoms with E-state index in [0.29, 0.717) is 22.3 Å². The SMILES string of the molecule is CCOC(=O)c1ccc(C)c(NC(=S)Nc2ccc(Cl)cc2)c1. The standard InChI is InChI=1S/C17H17ClN2O2S/c1-3-22-16(21)12-5-4-11(2)15(10-12)20-17(23)19-14-8-6-13(18)7-9-14/h4-10H,3H2,1-2H3,(H2,19,20,23). The number of esters is 1. The van der Waals surface area contributed by atoms with Crippen molar-refractivity contribution in [1.82, 2.24) is 0 Å². The van der Waals surface area contributed by atoms with Crippen molar-refractivity contribution in [1.29, 1.82) is 0 Å². The smallest absolute Gasteiger partial charge is 0.338 e. The molecule has 0 radical (unpaired) electrons. The van der Waals surface area contributed by atoms with Crippen molar-refractivity contribution < 1.29 is 9.53 Å². The summed E-state index contributed by atoms with van der Waals surface area (Å²) in [4.78, 5) is 11.8. The molecule has 0 aliphatic rings. The molecule has 0 aliphatic heterocycles. The molecule has 0 unspecified atom stereocenters. The fourth-order valence-electron chi connectivity index (χ4n) is 1.92. The summed E-state index contributed by atoms with van der Waals surface area (Å²) in [6.45, 7) is 4.05. The van der Waals surface area contributed by atoms with E-state index >= 15 is 0 Å². The summed E-state index contributed by atoms with van der Waals surface area (Å²) in [5.74, 6) is -0.355. The van der Waals surface area contributed by atoms with Crippen molar-refractivity contribution >= 4 is 46.3 Å². The molecule has 23 heavy (non-hydrogen) atoms. The zero-order valence-electron chi connectivity index (χ0n) is 12.9. The van der Waals surface area contributed by atoms with Gasteiger partial charge in [0.2, 0.25) is 0 Å². The molecule has 0 fully saturated rings. The Bertz CT molecular complexity index is 717. The first-order valence-electron chi connectivity index (χ1n) is 7.11. The Balaban J connectivity index is 2.09. The zero-order chi connectivity index (χ0) is 16.8. The molecular formula is C17H17ClN2O2S. The molecule has 120 valence electrons. The summed E-state index contributed by atoms with van der Waals surface area (Å²) in [7, 11) is 0. The third-order valence-corrected chi connectivity index (χ3v) is 3.56. The van der Waals surface area contributed by atoms with E-state index < -0.39 is 0 Å². The van der Waals surface area contributed by atoms with Gasteiger partial charge in [-0.3, -0.25) is 0 Å². The average molecular weight is 349 g/mol. The fraction of sp³-hybridized carbons (Fsp3) is 0.176. The third-order valence-electron chi connectivity index (χ3n) is 3.10. The second-order valence-electron chi connectivity index (χ2n) is 4.84. The number of rotatable bonds is 4. The monoisotopic (exact) mass is 348 g/mol. The number of nitrogens with one attached hydrogen (secondary N) is 2. The molecule has 4 nitrogen and oxygen atoms in total. The van der Waals surface area contributed by atoms with Gasteiger partial charge in [-0.25, -0.2) is 4.79 Å². The molecule has 2 N–H and O–H groups in total. The first-order valence-corrected chi connectivity index (χ1v) is 7.89. The van der Waals surface area contributed by atoms with Gasteiger partial charge in [-0.05, 0) is 68.0 Å². The third kappa shape index (κ3) is 4.94. The largest absolute Gasteiger partial charge is 0.462 e. The van der Waals surface area contributed by atoms with Crippen molar-refractivity contribution in [3.05, 3.63) is 58.6 Å². The van der Waals surface area contributed by atoms with Gasteiger partial charge in [0.1, 0.15) is 0 Å². The molecule has 0 saturated heterocycles. The van der Waals surface area contributed by atoms with E-state index in [1.165, 1.54) is 0 Å². The maximum atomic E-state index is 11.8. The van der Waals surface area contributed by atoms with E-state index in [4.69, 9.17) is 28.6 Å². The van der Waals surface area contributed by atoms with Crippen LogP contribution in [0.15, 0.2) is 42.5 Å². The van der Waals surface area contributed by atoms with Crippen molar-refractivity contribution in [2.75, 3.05) is 17.2 Å². The lowest BCUT2D eigenvalue weighted by molar-refractivity contribution is 0.0526. The van der Waals surface area contributed by atoms with Gasteiger partial charge in [0.15, 0.2) is 5.11 Å².